The molecule has 0 spiro atoms. The van der Waals surface area contributed by atoms with Crippen LogP contribution in [0.1, 0.15) is 16.8 Å². The Morgan fingerprint density at radius 3 is 2.62 bits per heavy atom. The van der Waals surface area contributed by atoms with Crippen LogP contribution in [0.5, 0.6) is 0 Å². The molecule has 0 unspecified atom stereocenters. The second-order valence-corrected chi connectivity index (χ2v) is 4.08. The van der Waals surface area contributed by atoms with Crippen molar-refractivity contribution in [3.63, 3.8) is 0 Å². The van der Waals surface area contributed by atoms with Crippen LogP contribution in [-0.2, 0) is 13.6 Å². The predicted octanol–water partition coefficient (Wildman–Crippen LogP) is 2.65. The van der Waals surface area contributed by atoms with E-state index < -0.39 is 0 Å². The van der Waals surface area contributed by atoms with Crippen LogP contribution >= 0.6 is 0 Å². The van der Waals surface area contributed by atoms with Gasteiger partial charge in [0.25, 0.3) is 0 Å². The third kappa shape index (κ3) is 2.24. The number of rotatable bonds is 3. The van der Waals surface area contributed by atoms with Gasteiger partial charge in [-0.1, -0.05) is 24.3 Å². The van der Waals surface area contributed by atoms with Crippen molar-refractivity contribution in [1.82, 2.24) is 9.78 Å². The molecule has 1 aromatic heterocycles. The van der Waals surface area contributed by atoms with Crippen molar-refractivity contribution < 1.29 is 0 Å². The molecule has 0 aliphatic heterocycles. The molecule has 1 heterocycles. The minimum absolute atomic E-state index is 0.846. The van der Waals surface area contributed by atoms with Gasteiger partial charge in [-0.25, -0.2) is 0 Å². The predicted molar refractivity (Wildman–Crippen MR) is 66.5 cm³/mol. The lowest BCUT2D eigenvalue weighted by atomic mass is 10.1. The molecule has 84 valence electrons. The van der Waals surface area contributed by atoms with E-state index in [4.69, 9.17) is 0 Å². The fraction of sp³-hybridized carbons (Fsp3) is 0.308. The Morgan fingerprint density at radius 1 is 1.25 bits per heavy atom. The number of anilines is 1. The maximum atomic E-state index is 4.30. The highest BCUT2D eigenvalue weighted by molar-refractivity contribution is 5.46. The molecule has 0 atom stereocenters. The van der Waals surface area contributed by atoms with E-state index in [1.54, 1.807) is 0 Å². The van der Waals surface area contributed by atoms with E-state index in [2.05, 4.69) is 41.6 Å². The number of hydrogen-bond donors (Lipinski definition) is 1. The molecule has 16 heavy (non-hydrogen) atoms. The number of hydrogen-bond acceptors (Lipinski definition) is 2. The van der Waals surface area contributed by atoms with Crippen LogP contribution in [0.25, 0.3) is 0 Å². The van der Waals surface area contributed by atoms with E-state index >= 15 is 0 Å². The molecule has 0 aliphatic rings. The number of aryl methyl sites for hydroxylation is 3. The zero-order chi connectivity index (χ0) is 11.5. The van der Waals surface area contributed by atoms with Gasteiger partial charge in [-0.2, -0.15) is 5.10 Å². The van der Waals surface area contributed by atoms with Crippen LogP contribution in [0.15, 0.2) is 30.5 Å². The number of aromatic nitrogens is 2. The molecule has 1 N–H and O–H groups in total. The van der Waals surface area contributed by atoms with E-state index in [1.165, 1.54) is 11.1 Å². The lowest BCUT2D eigenvalue weighted by molar-refractivity contribution is 0.756. The van der Waals surface area contributed by atoms with Gasteiger partial charge in [-0.3, -0.25) is 4.68 Å². The first kappa shape index (κ1) is 10.7. The van der Waals surface area contributed by atoms with Gasteiger partial charge < -0.3 is 5.32 Å². The molecule has 3 heteroatoms. The molecule has 0 amide bonds. The van der Waals surface area contributed by atoms with Gasteiger partial charge in [0.2, 0.25) is 0 Å². The quantitative estimate of drug-likeness (QED) is 0.853. The second-order valence-electron chi connectivity index (χ2n) is 4.08. The topological polar surface area (TPSA) is 29.9 Å². The van der Waals surface area contributed by atoms with Crippen LogP contribution in [0.3, 0.4) is 0 Å². The Morgan fingerprint density at radius 2 is 2.00 bits per heavy atom. The third-order valence-electron chi connectivity index (χ3n) is 2.74. The summed E-state index contributed by atoms with van der Waals surface area (Å²) < 4.78 is 1.83. The average molecular weight is 215 g/mol. The Labute approximate surface area is 96.1 Å². The highest BCUT2D eigenvalue weighted by Crippen LogP contribution is 2.14. The number of benzene rings is 1. The molecule has 2 rings (SSSR count). The molecule has 0 fully saturated rings. The summed E-state index contributed by atoms with van der Waals surface area (Å²) in [6, 6.07) is 8.41. The summed E-state index contributed by atoms with van der Waals surface area (Å²) in [6.45, 7) is 4.99. The number of nitrogens with zero attached hydrogens (tertiary/aromatic N) is 2. The maximum absolute atomic E-state index is 4.30. The zero-order valence-corrected chi connectivity index (χ0v) is 9.99. The van der Waals surface area contributed by atoms with Crippen LogP contribution < -0.4 is 5.32 Å². The molecule has 3 nitrogen and oxygen atoms in total. The molecular formula is C13H17N3. The third-order valence-corrected chi connectivity index (χ3v) is 2.74. The van der Waals surface area contributed by atoms with Crippen LogP contribution in [0.2, 0.25) is 0 Å². The average Bonchev–Trinajstić information content (AvgIpc) is 2.56. The van der Waals surface area contributed by atoms with Crippen molar-refractivity contribution in [1.29, 1.82) is 0 Å². The fourth-order valence-corrected chi connectivity index (χ4v) is 1.77. The van der Waals surface area contributed by atoms with E-state index in [1.807, 2.05) is 24.9 Å². The first-order valence-electron chi connectivity index (χ1n) is 5.45. The molecule has 2 aromatic rings. The Balaban J connectivity index is 2.08. The van der Waals surface area contributed by atoms with Crippen molar-refractivity contribution >= 4 is 5.69 Å². The highest BCUT2D eigenvalue weighted by Gasteiger charge is 2.02. The monoisotopic (exact) mass is 215 g/mol. The van der Waals surface area contributed by atoms with Gasteiger partial charge in [0.15, 0.2) is 0 Å². The Bertz CT molecular complexity index is 486. The van der Waals surface area contributed by atoms with E-state index in [-0.39, 0.29) is 0 Å². The molecule has 0 bridgehead atoms. The van der Waals surface area contributed by atoms with Crippen LogP contribution in [-0.4, -0.2) is 9.78 Å². The maximum Gasteiger partial charge on any atom is 0.0825 e. The van der Waals surface area contributed by atoms with Crippen molar-refractivity contribution in [3.05, 3.63) is 47.3 Å². The normalized spacial score (nSPS) is 10.4. The van der Waals surface area contributed by atoms with E-state index in [0.29, 0.717) is 0 Å². The first-order chi connectivity index (χ1) is 7.66. The molecular weight excluding hydrogens is 198 g/mol. The number of nitrogens with one attached hydrogen (secondary N) is 1. The second kappa shape index (κ2) is 4.39. The lowest BCUT2D eigenvalue weighted by Crippen LogP contribution is -2.01. The highest BCUT2D eigenvalue weighted by atomic mass is 15.3. The smallest absolute Gasteiger partial charge is 0.0825 e. The molecule has 0 saturated heterocycles. The molecule has 0 radical (unpaired) electrons. The summed E-state index contributed by atoms with van der Waals surface area (Å²) >= 11 is 0. The Kier molecular flexibility index (Phi) is 2.95. The minimum atomic E-state index is 0.846. The lowest BCUT2D eigenvalue weighted by Gasteiger charge is -2.07. The summed E-state index contributed by atoms with van der Waals surface area (Å²) in [7, 11) is 1.94. The Hall–Kier alpha value is -1.77. The van der Waals surface area contributed by atoms with Gasteiger partial charge in [0.05, 0.1) is 11.4 Å². The van der Waals surface area contributed by atoms with Crippen LogP contribution in [0, 0.1) is 13.8 Å². The van der Waals surface area contributed by atoms with E-state index in [9.17, 15) is 0 Å². The van der Waals surface area contributed by atoms with Gasteiger partial charge in [-0.15, -0.1) is 0 Å². The van der Waals surface area contributed by atoms with Gasteiger partial charge in [-0.05, 0) is 25.0 Å². The summed E-state index contributed by atoms with van der Waals surface area (Å²) in [4.78, 5) is 0. The SMILES string of the molecule is Cc1ccccc1CNc1cn(C)nc1C. The van der Waals surface area contributed by atoms with Crippen LogP contribution in [0.4, 0.5) is 5.69 Å². The van der Waals surface area contributed by atoms with Gasteiger partial charge in [0.1, 0.15) is 0 Å². The summed E-state index contributed by atoms with van der Waals surface area (Å²) in [5.41, 5.74) is 4.78. The summed E-state index contributed by atoms with van der Waals surface area (Å²) in [5, 5.41) is 7.71. The molecule has 0 aliphatic carbocycles. The largest absolute Gasteiger partial charge is 0.378 e. The summed E-state index contributed by atoms with van der Waals surface area (Å²) in [5.74, 6) is 0. The zero-order valence-electron chi connectivity index (χ0n) is 9.99. The standard InChI is InChI=1S/C13H17N3/c1-10-6-4-5-7-12(10)8-14-13-9-16(3)15-11(13)2/h4-7,9,14H,8H2,1-3H3. The van der Waals surface area contributed by atoms with Gasteiger partial charge >= 0.3 is 0 Å². The summed E-state index contributed by atoms with van der Waals surface area (Å²) in [6.07, 6.45) is 2.01. The van der Waals surface area contributed by atoms with E-state index in [0.717, 1.165) is 17.9 Å². The van der Waals surface area contributed by atoms with Crippen molar-refractivity contribution in [2.75, 3.05) is 5.32 Å². The minimum Gasteiger partial charge on any atom is -0.378 e. The van der Waals surface area contributed by atoms with Gasteiger partial charge in [0, 0.05) is 19.8 Å². The molecule has 1 aromatic carbocycles. The van der Waals surface area contributed by atoms with Crippen molar-refractivity contribution in [3.8, 4) is 0 Å². The van der Waals surface area contributed by atoms with Crippen molar-refractivity contribution in [2.24, 2.45) is 7.05 Å². The molecule has 0 saturated carbocycles. The van der Waals surface area contributed by atoms with Crippen molar-refractivity contribution in [2.45, 2.75) is 20.4 Å². The first-order valence-corrected chi connectivity index (χ1v) is 5.45. The fourth-order valence-electron chi connectivity index (χ4n) is 1.77.